The van der Waals surface area contributed by atoms with Gasteiger partial charge in [-0.3, -0.25) is 4.57 Å². The quantitative estimate of drug-likeness (QED) is 0.161. The third kappa shape index (κ3) is 6.61. The summed E-state index contributed by atoms with van der Waals surface area (Å²) < 4.78 is 2.18. The number of nitrogens with zero attached hydrogens (tertiary/aromatic N) is 6. The van der Waals surface area contributed by atoms with Gasteiger partial charge in [0.25, 0.3) is 0 Å². The summed E-state index contributed by atoms with van der Waals surface area (Å²) in [4.78, 5) is 25.8. The molecule has 1 aliphatic heterocycles. The molecule has 0 fully saturated rings. The van der Waals surface area contributed by atoms with Crippen molar-refractivity contribution in [3.8, 4) is 51.0 Å². The van der Waals surface area contributed by atoms with E-state index in [4.69, 9.17) is 24.9 Å². The maximum absolute atomic E-state index is 5.35. The molecule has 65 heavy (non-hydrogen) atoms. The first-order valence-electron chi connectivity index (χ1n) is 22.1. The van der Waals surface area contributed by atoms with Gasteiger partial charge in [-0.15, -0.1) is 0 Å². The van der Waals surface area contributed by atoms with Crippen LogP contribution in [0.5, 0.6) is 0 Å². The Hall–Kier alpha value is -8.35. The smallest absolute Gasteiger partial charge is 0.238 e. The molecule has 0 unspecified atom stereocenters. The third-order valence-electron chi connectivity index (χ3n) is 13.0. The van der Waals surface area contributed by atoms with Crippen LogP contribution in [0.3, 0.4) is 0 Å². The number of fused-ring (bicyclic) bond motifs is 6. The molecule has 0 atom stereocenters. The number of rotatable bonds is 7. The highest BCUT2D eigenvalue weighted by molar-refractivity contribution is 6.16. The molecular weight excluding hydrogens is 793 g/mol. The molecule has 0 bridgehead atoms. The Morgan fingerprint density at radius 1 is 0.431 bits per heavy atom. The molecule has 6 heteroatoms. The predicted octanol–water partition coefficient (Wildman–Crippen LogP) is 14.0. The van der Waals surface area contributed by atoms with Gasteiger partial charge in [0.1, 0.15) is 0 Å². The van der Waals surface area contributed by atoms with Crippen LogP contribution in [0.4, 0.5) is 0 Å². The van der Waals surface area contributed by atoms with Crippen molar-refractivity contribution in [2.45, 2.75) is 25.7 Å². The topological polar surface area (TPSA) is 68.3 Å². The Balaban J connectivity index is 0.967. The second-order valence-electron chi connectivity index (χ2n) is 17.2. The van der Waals surface area contributed by atoms with E-state index in [1.165, 1.54) is 27.8 Å². The number of aliphatic imine (C=N–C) groups is 2. The second kappa shape index (κ2) is 15.5. The molecule has 10 aromatic rings. The van der Waals surface area contributed by atoms with Crippen LogP contribution in [-0.4, -0.2) is 31.1 Å². The van der Waals surface area contributed by atoms with Crippen LogP contribution in [0.25, 0.3) is 78.5 Å². The number of amidine groups is 1. The van der Waals surface area contributed by atoms with Gasteiger partial charge in [0, 0.05) is 44.9 Å². The van der Waals surface area contributed by atoms with Crippen molar-refractivity contribution >= 4 is 39.1 Å². The highest BCUT2D eigenvalue weighted by atomic mass is 15.2. The van der Waals surface area contributed by atoms with E-state index in [1.54, 1.807) is 0 Å². The van der Waals surface area contributed by atoms with Gasteiger partial charge in [-0.2, -0.15) is 9.97 Å². The summed E-state index contributed by atoms with van der Waals surface area (Å²) in [6.07, 6.45) is 2.93. The number of aromatic nitrogens is 4. The molecule has 3 heterocycles. The molecule has 1 aliphatic carbocycles. The zero-order chi connectivity index (χ0) is 43.5. The van der Waals surface area contributed by atoms with Gasteiger partial charge in [-0.1, -0.05) is 196 Å². The molecule has 2 aromatic heterocycles. The number of hydrogen-bond donors (Lipinski definition) is 0. The van der Waals surface area contributed by atoms with Crippen LogP contribution < -0.4 is 0 Å². The fourth-order valence-electron chi connectivity index (χ4n) is 9.70. The molecule has 0 amide bonds. The van der Waals surface area contributed by atoms with E-state index >= 15 is 0 Å². The molecule has 8 aromatic carbocycles. The standard InChI is InChI=1S/C59H42N6/c1-59(2)48-28-17-27-46(51-34-33-50(38-18-7-3-8-19-38)60-55(61-51)39-20-9-4-10-21-39)54(48)45-32-30-43(37-49(45)59)42-31-35-53-47(36-42)44-26-15-16-29-52(44)65(53)58-63-56(40-22-11-5-12-23-40)62-57(64-58)41-24-13-6-14-25-41/h3-32,34-37H,33H2,1-2H3. The van der Waals surface area contributed by atoms with Gasteiger partial charge in [-0.25, -0.2) is 15.0 Å². The Morgan fingerprint density at radius 2 is 1.02 bits per heavy atom. The fourth-order valence-corrected chi connectivity index (χ4v) is 9.70. The normalized spacial score (nSPS) is 14.0. The molecule has 12 rings (SSSR count). The van der Waals surface area contributed by atoms with E-state index in [0.29, 0.717) is 24.0 Å². The summed E-state index contributed by atoms with van der Waals surface area (Å²) in [6, 6.07) is 70.1. The van der Waals surface area contributed by atoms with Crippen molar-refractivity contribution in [2.75, 3.05) is 0 Å². The zero-order valence-corrected chi connectivity index (χ0v) is 36.0. The average Bonchev–Trinajstić information content (AvgIpc) is 3.69. The molecule has 2 aliphatic rings. The monoisotopic (exact) mass is 834 g/mol. The lowest BCUT2D eigenvalue weighted by Gasteiger charge is -2.22. The van der Waals surface area contributed by atoms with Crippen LogP contribution in [0.1, 0.15) is 48.1 Å². The molecule has 0 N–H and O–H groups in total. The van der Waals surface area contributed by atoms with Crippen LogP contribution in [0, 0.1) is 0 Å². The minimum absolute atomic E-state index is 0.245. The molecule has 0 radical (unpaired) electrons. The van der Waals surface area contributed by atoms with Crippen molar-refractivity contribution in [1.29, 1.82) is 0 Å². The Kier molecular flexibility index (Phi) is 9.12. The Labute approximate surface area is 377 Å². The molecule has 0 spiro atoms. The van der Waals surface area contributed by atoms with Gasteiger partial charge in [-0.05, 0) is 63.2 Å². The van der Waals surface area contributed by atoms with E-state index in [1.807, 2.05) is 72.8 Å². The van der Waals surface area contributed by atoms with Gasteiger partial charge >= 0.3 is 0 Å². The molecular formula is C59H42N6. The predicted molar refractivity (Wildman–Crippen MR) is 267 cm³/mol. The second-order valence-corrected chi connectivity index (χ2v) is 17.2. The van der Waals surface area contributed by atoms with Crippen molar-refractivity contribution in [3.05, 3.63) is 234 Å². The number of allylic oxidation sites excluding steroid dienone is 1. The van der Waals surface area contributed by atoms with Gasteiger partial charge in [0.2, 0.25) is 5.95 Å². The lowest BCUT2D eigenvalue weighted by molar-refractivity contribution is 0.660. The summed E-state index contributed by atoms with van der Waals surface area (Å²) in [5.74, 6) is 2.56. The van der Waals surface area contributed by atoms with Crippen LogP contribution in [0.15, 0.2) is 216 Å². The lowest BCUT2D eigenvalue weighted by Crippen LogP contribution is -2.15. The summed E-state index contributed by atoms with van der Waals surface area (Å²) in [7, 11) is 0. The van der Waals surface area contributed by atoms with Gasteiger partial charge in [0.05, 0.1) is 22.4 Å². The maximum atomic E-state index is 5.35. The summed E-state index contributed by atoms with van der Waals surface area (Å²) in [6.45, 7) is 4.70. The zero-order valence-electron chi connectivity index (χ0n) is 36.0. The van der Waals surface area contributed by atoms with Crippen molar-refractivity contribution in [2.24, 2.45) is 9.98 Å². The Morgan fingerprint density at radius 3 is 1.71 bits per heavy atom. The third-order valence-corrected chi connectivity index (χ3v) is 13.0. The summed E-state index contributed by atoms with van der Waals surface area (Å²) in [5.41, 5.74) is 16.3. The van der Waals surface area contributed by atoms with Crippen LogP contribution in [0.2, 0.25) is 0 Å². The number of hydrogen-bond acceptors (Lipinski definition) is 5. The fraction of sp³-hybridized carbons (Fsp3) is 0.0678. The first-order chi connectivity index (χ1) is 32.0. The molecule has 0 saturated carbocycles. The maximum Gasteiger partial charge on any atom is 0.238 e. The van der Waals surface area contributed by atoms with Gasteiger partial charge < -0.3 is 0 Å². The van der Waals surface area contributed by atoms with Crippen LogP contribution in [-0.2, 0) is 5.41 Å². The number of para-hydroxylation sites is 1. The van der Waals surface area contributed by atoms with Crippen molar-refractivity contribution < 1.29 is 0 Å². The highest BCUT2D eigenvalue weighted by Crippen LogP contribution is 2.52. The van der Waals surface area contributed by atoms with Gasteiger partial charge in [0.15, 0.2) is 17.5 Å². The minimum atomic E-state index is -0.245. The number of benzene rings is 8. The van der Waals surface area contributed by atoms with Crippen LogP contribution >= 0.6 is 0 Å². The minimum Gasteiger partial charge on any atom is -0.278 e. The van der Waals surface area contributed by atoms with Crippen molar-refractivity contribution in [3.63, 3.8) is 0 Å². The molecule has 308 valence electrons. The Bertz CT molecular complexity index is 3510. The average molecular weight is 835 g/mol. The van der Waals surface area contributed by atoms with E-state index in [2.05, 4.69) is 152 Å². The first-order valence-corrected chi connectivity index (χ1v) is 22.1. The highest BCUT2D eigenvalue weighted by Gasteiger charge is 2.37. The van der Waals surface area contributed by atoms with E-state index < -0.39 is 0 Å². The molecule has 0 saturated heterocycles. The SMILES string of the molecule is CC1(C)c2cc(-c3ccc4c(c3)c3ccccc3n4-c3nc(-c4ccccc4)nc(-c4ccccc4)n3)ccc2-c2c(C3=CCC(c4ccccc4)=NC(c4ccccc4)=N3)cccc21. The first kappa shape index (κ1) is 38.3. The van der Waals surface area contributed by atoms with Crippen molar-refractivity contribution in [1.82, 2.24) is 19.5 Å². The molecule has 6 nitrogen and oxygen atoms in total. The van der Waals surface area contributed by atoms with E-state index in [0.717, 1.165) is 72.4 Å². The lowest BCUT2D eigenvalue weighted by atomic mass is 9.81. The summed E-state index contributed by atoms with van der Waals surface area (Å²) >= 11 is 0. The van der Waals surface area contributed by atoms with E-state index in [-0.39, 0.29) is 5.41 Å². The summed E-state index contributed by atoms with van der Waals surface area (Å²) in [5, 5.41) is 2.27. The van der Waals surface area contributed by atoms with E-state index in [9.17, 15) is 0 Å². The largest absolute Gasteiger partial charge is 0.278 e.